The van der Waals surface area contributed by atoms with E-state index < -0.39 is 5.41 Å². The quantitative estimate of drug-likeness (QED) is 0.558. The number of hydrogen-bond donors (Lipinski definition) is 1. The molecule has 8 nitrogen and oxygen atoms in total. The third-order valence-electron chi connectivity index (χ3n) is 8.00. The van der Waals surface area contributed by atoms with Crippen LogP contribution in [0.2, 0.25) is 0 Å². The van der Waals surface area contributed by atoms with E-state index in [9.17, 15) is 14.9 Å². The molecular formula is C29H33N5O3. The SMILES string of the molecule is CO[C@H]1CCCC[C@@H]1NC(=O)c1cc(CN2CCC(C#N)(c3ccccn3)CC2)c2ccccn2c1=O. The molecule has 2 fully saturated rings. The van der Waals surface area contributed by atoms with E-state index in [0.717, 1.165) is 55.5 Å². The molecule has 1 amide bonds. The molecule has 4 heterocycles. The number of aromatic nitrogens is 2. The highest BCUT2D eigenvalue weighted by Gasteiger charge is 2.38. The second-order valence-corrected chi connectivity index (χ2v) is 10.2. The van der Waals surface area contributed by atoms with Crippen LogP contribution in [0.1, 0.15) is 60.1 Å². The maximum Gasteiger partial charge on any atom is 0.267 e. The van der Waals surface area contributed by atoms with Crippen molar-refractivity contribution < 1.29 is 9.53 Å². The van der Waals surface area contributed by atoms with Crippen LogP contribution in [-0.4, -0.2) is 52.5 Å². The minimum Gasteiger partial charge on any atom is -0.379 e. The monoisotopic (exact) mass is 499 g/mol. The maximum atomic E-state index is 13.3. The Kier molecular flexibility index (Phi) is 7.36. The number of nitriles is 1. The van der Waals surface area contributed by atoms with Crippen molar-refractivity contribution in [2.24, 2.45) is 0 Å². The zero-order valence-electron chi connectivity index (χ0n) is 21.2. The van der Waals surface area contributed by atoms with Gasteiger partial charge in [0.15, 0.2) is 0 Å². The molecule has 5 rings (SSSR count). The van der Waals surface area contributed by atoms with Gasteiger partial charge in [0, 0.05) is 39.1 Å². The molecule has 1 saturated carbocycles. The summed E-state index contributed by atoms with van der Waals surface area (Å²) in [6, 6.07) is 15.5. The largest absolute Gasteiger partial charge is 0.379 e. The van der Waals surface area contributed by atoms with Gasteiger partial charge in [0.25, 0.3) is 11.5 Å². The van der Waals surface area contributed by atoms with Crippen LogP contribution in [0.15, 0.2) is 59.7 Å². The van der Waals surface area contributed by atoms with E-state index in [4.69, 9.17) is 4.74 Å². The second-order valence-electron chi connectivity index (χ2n) is 10.2. The smallest absolute Gasteiger partial charge is 0.267 e. The molecule has 1 aliphatic heterocycles. The first-order valence-corrected chi connectivity index (χ1v) is 13.1. The lowest BCUT2D eigenvalue weighted by molar-refractivity contribution is 0.0392. The maximum absolute atomic E-state index is 13.3. The number of nitrogens with one attached hydrogen (secondary N) is 1. The number of rotatable bonds is 6. The number of methoxy groups -OCH3 is 1. The van der Waals surface area contributed by atoms with Crippen molar-refractivity contribution in [3.63, 3.8) is 0 Å². The zero-order valence-corrected chi connectivity index (χ0v) is 21.2. The molecule has 0 unspecified atom stereocenters. The molecule has 0 spiro atoms. The highest BCUT2D eigenvalue weighted by Crippen LogP contribution is 2.34. The molecular weight excluding hydrogens is 466 g/mol. The predicted molar refractivity (Wildman–Crippen MR) is 140 cm³/mol. The number of likely N-dealkylation sites (tertiary alicyclic amines) is 1. The Morgan fingerprint density at radius 3 is 2.70 bits per heavy atom. The standard InChI is InChI=1S/C29H33N5O3/c1-37-25-10-3-2-8-23(25)32-27(35)22-18-21(24-9-5-7-15-34(24)28(22)36)19-33-16-12-29(20-30,13-17-33)26-11-4-6-14-31-26/h4-7,9,11,14-15,18,23,25H,2-3,8,10,12-13,16-17,19H2,1H3,(H,32,35)/t23-,25-/m0/s1. The molecule has 192 valence electrons. The Labute approximate surface area is 216 Å². The average molecular weight is 500 g/mol. The summed E-state index contributed by atoms with van der Waals surface area (Å²) in [5.41, 5.74) is 1.77. The number of pyridine rings is 3. The van der Waals surface area contributed by atoms with Gasteiger partial charge in [-0.1, -0.05) is 25.0 Å². The Morgan fingerprint density at radius 1 is 1.19 bits per heavy atom. The van der Waals surface area contributed by atoms with Gasteiger partial charge in [-0.15, -0.1) is 0 Å². The summed E-state index contributed by atoms with van der Waals surface area (Å²) in [5, 5.41) is 13.1. The predicted octanol–water partition coefficient (Wildman–Crippen LogP) is 3.44. The van der Waals surface area contributed by atoms with Crippen molar-refractivity contribution in [1.29, 1.82) is 5.26 Å². The molecule has 1 saturated heterocycles. The summed E-state index contributed by atoms with van der Waals surface area (Å²) >= 11 is 0. The molecule has 2 aliphatic rings. The lowest BCUT2D eigenvalue weighted by Gasteiger charge is -2.37. The number of amides is 1. The Bertz CT molecular complexity index is 1360. The van der Waals surface area contributed by atoms with Crippen LogP contribution in [-0.2, 0) is 16.7 Å². The first-order chi connectivity index (χ1) is 18.0. The Balaban J connectivity index is 1.39. The summed E-state index contributed by atoms with van der Waals surface area (Å²) in [7, 11) is 1.67. The normalized spacial score (nSPS) is 21.8. The van der Waals surface area contributed by atoms with Gasteiger partial charge in [0.1, 0.15) is 11.0 Å². The summed E-state index contributed by atoms with van der Waals surface area (Å²) in [6.07, 6.45) is 8.64. The summed E-state index contributed by atoms with van der Waals surface area (Å²) in [6.45, 7) is 2.03. The van der Waals surface area contributed by atoms with Crippen molar-refractivity contribution in [2.75, 3.05) is 20.2 Å². The minimum absolute atomic E-state index is 0.0340. The Morgan fingerprint density at radius 2 is 1.97 bits per heavy atom. The minimum atomic E-state index is -0.587. The van der Waals surface area contributed by atoms with Gasteiger partial charge in [-0.2, -0.15) is 5.26 Å². The molecule has 8 heteroatoms. The van der Waals surface area contributed by atoms with Crippen molar-refractivity contribution >= 4 is 11.4 Å². The van der Waals surface area contributed by atoms with Gasteiger partial charge in [0.05, 0.1) is 29.4 Å². The molecule has 1 aliphatic carbocycles. The molecule has 2 atom stereocenters. The van der Waals surface area contributed by atoms with E-state index in [-0.39, 0.29) is 29.2 Å². The van der Waals surface area contributed by atoms with Crippen molar-refractivity contribution in [3.8, 4) is 6.07 Å². The first-order valence-electron chi connectivity index (χ1n) is 13.1. The summed E-state index contributed by atoms with van der Waals surface area (Å²) in [5.74, 6) is -0.351. The fourth-order valence-electron chi connectivity index (χ4n) is 5.81. The molecule has 37 heavy (non-hydrogen) atoms. The number of carbonyl (C=O) groups is 1. The van der Waals surface area contributed by atoms with E-state index in [1.807, 2.05) is 30.3 Å². The van der Waals surface area contributed by atoms with Crippen LogP contribution >= 0.6 is 0 Å². The van der Waals surface area contributed by atoms with E-state index in [1.165, 1.54) is 0 Å². The van der Waals surface area contributed by atoms with Crippen LogP contribution in [0.25, 0.3) is 5.52 Å². The summed E-state index contributed by atoms with van der Waals surface area (Å²) < 4.78 is 7.16. The lowest BCUT2D eigenvalue weighted by atomic mass is 9.76. The third kappa shape index (κ3) is 5.02. The van der Waals surface area contributed by atoms with E-state index >= 15 is 0 Å². The van der Waals surface area contributed by atoms with Gasteiger partial charge in [-0.25, -0.2) is 0 Å². The van der Waals surface area contributed by atoms with Crippen molar-refractivity contribution in [2.45, 2.75) is 62.6 Å². The van der Waals surface area contributed by atoms with Crippen molar-refractivity contribution in [3.05, 3.63) is 82.0 Å². The van der Waals surface area contributed by atoms with Crippen LogP contribution in [0.5, 0.6) is 0 Å². The molecule has 1 N–H and O–H groups in total. The number of piperidine rings is 1. The van der Waals surface area contributed by atoms with Gasteiger partial charge in [0.2, 0.25) is 0 Å². The average Bonchev–Trinajstić information content (AvgIpc) is 2.96. The van der Waals surface area contributed by atoms with Crippen LogP contribution in [0.3, 0.4) is 0 Å². The molecule has 3 aromatic heterocycles. The van der Waals surface area contributed by atoms with E-state index in [2.05, 4.69) is 21.3 Å². The lowest BCUT2D eigenvalue weighted by Crippen LogP contribution is -2.47. The molecule has 0 bridgehead atoms. The van der Waals surface area contributed by atoms with E-state index in [1.54, 1.807) is 36.0 Å². The second kappa shape index (κ2) is 10.8. The Hall–Kier alpha value is -3.54. The first kappa shape index (κ1) is 25.1. The number of ether oxygens (including phenoxy) is 1. The number of hydrogen-bond acceptors (Lipinski definition) is 6. The zero-order chi connectivity index (χ0) is 25.8. The van der Waals surface area contributed by atoms with Gasteiger partial charge in [-0.05, 0) is 61.6 Å². The van der Waals surface area contributed by atoms with Crippen LogP contribution < -0.4 is 10.9 Å². The highest BCUT2D eigenvalue weighted by atomic mass is 16.5. The molecule has 0 radical (unpaired) electrons. The third-order valence-corrected chi connectivity index (χ3v) is 8.00. The van der Waals surface area contributed by atoms with E-state index in [0.29, 0.717) is 19.4 Å². The number of carbonyl (C=O) groups excluding carboxylic acids is 1. The van der Waals surface area contributed by atoms with Crippen LogP contribution in [0.4, 0.5) is 0 Å². The molecule has 0 aromatic carbocycles. The number of fused-ring (bicyclic) bond motifs is 1. The van der Waals surface area contributed by atoms with Gasteiger partial charge < -0.3 is 10.1 Å². The van der Waals surface area contributed by atoms with Crippen LogP contribution in [0, 0.1) is 11.3 Å². The summed E-state index contributed by atoms with van der Waals surface area (Å²) in [4.78, 5) is 33.4. The fraction of sp³-hybridized carbons (Fsp3) is 0.448. The molecule has 3 aromatic rings. The highest BCUT2D eigenvalue weighted by molar-refractivity contribution is 5.94. The fourth-order valence-corrected chi connectivity index (χ4v) is 5.81. The number of nitrogens with zero attached hydrogens (tertiary/aromatic N) is 4. The topological polar surface area (TPSA) is 99.7 Å². The van der Waals surface area contributed by atoms with Crippen molar-refractivity contribution in [1.82, 2.24) is 19.6 Å². The van der Waals surface area contributed by atoms with Gasteiger partial charge in [-0.3, -0.25) is 23.9 Å². The van der Waals surface area contributed by atoms with Gasteiger partial charge >= 0.3 is 0 Å².